The molecule has 0 aliphatic heterocycles. The third-order valence-corrected chi connectivity index (χ3v) is 4.62. The van der Waals surface area contributed by atoms with E-state index in [1.165, 1.54) is 11.3 Å². The molecule has 1 atom stereocenters. The average molecular weight is 329 g/mol. The van der Waals surface area contributed by atoms with E-state index >= 15 is 0 Å². The number of hydrogen-bond acceptors (Lipinski definition) is 3. The van der Waals surface area contributed by atoms with E-state index in [4.69, 9.17) is 11.6 Å². The fraction of sp³-hybridized carbons (Fsp3) is 0.647. The Kier molecular flexibility index (Phi) is 8.53. The number of anilines is 1. The molecule has 21 heavy (non-hydrogen) atoms. The number of rotatable bonds is 9. The van der Waals surface area contributed by atoms with Crippen LogP contribution in [0.15, 0.2) is 18.2 Å². The third kappa shape index (κ3) is 6.09. The van der Waals surface area contributed by atoms with Crippen molar-refractivity contribution < 1.29 is 0 Å². The van der Waals surface area contributed by atoms with Crippen molar-refractivity contribution in [3.8, 4) is 0 Å². The second kappa shape index (κ2) is 9.60. The quantitative estimate of drug-likeness (QED) is 0.709. The average Bonchev–Trinajstić information content (AvgIpc) is 2.44. The van der Waals surface area contributed by atoms with E-state index in [9.17, 15) is 0 Å². The summed E-state index contributed by atoms with van der Waals surface area (Å²) in [7, 11) is 2.19. The van der Waals surface area contributed by atoms with Crippen LogP contribution in [0.1, 0.15) is 32.8 Å². The molecule has 0 amide bonds. The monoisotopic (exact) mass is 328 g/mol. The molecule has 0 saturated heterocycles. The Hall–Kier alpha value is -0.380. The van der Waals surface area contributed by atoms with Crippen LogP contribution in [0.4, 0.5) is 5.69 Å². The van der Waals surface area contributed by atoms with Gasteiger partial charge in [0.25, 0.3) is 0 Å². The van der Waals surface area contributed by atoms with Gasteiger partial charge >= 0.3 is 0 Å². The standard InChI is InChI=1S/C17H29ClN2S/c1-6-16(12-21-5)20(4)17-8-7-15(18)9-14(17)11-19-10-13(2)3/h7-9,13,16,19H,6,10-12H2,1-5H3. The van der Waals surface area contributed by atoms with Gasteiger partial charge in [0.1, 0.15) is 0 Å². The maximum absolute atomic E-state index is 6.19. The van der Waals surface area contributed by atoms with Gasteiger partial charge in [-0.3, -0.25) is 0 Å². The summed E-state index contributed by atoms with van der Waals surface area (Å²) in [6.45, 7) is 8.60. The van der Waals surface area contributed by atoms with Crippen LogP contribution in [0.3, 0.4) is 0 Å². The van der Waals surface area contributed by atoms with Crippen LogP contribution in [0.5, 0.6) is 0 Å². The lowest BCUT2D eigenvalue weighted by Crippen LogP contribution is -2.34. The van der Waals surface area contributed by atoms with Crippen LogP contribution in [0.2, 0.25) is 5.02 Å². The van der Waals surface area contributed by atoms with Crippen molar-refractivity contribution in [2.24, 2.45) is 5.92 Å². The Morgan fingerprint density at radius 3 is 2.62 bits per heavy atom. The topological polar surface area (TPSA) is 15.3 Å². The van der Waals surface area contributed by atoms with E-state index < -0.39 is 0 Å². The summed E-state index contributed by atoms with van der Waals surface area (Å²) in [6, 6.07) is 6.79. The fourth-order valence-corrected chi connectivity index (χ4v) is 3.47. The van der Waals surface area contributed by atoms with Gasteiger partial charge in [0, 0.05) is 36.1 Å². The molecule has 0 radical (unpaired) electrons. The van der Waals surface area contributed by atoms with Gasteiger partial charge in [-0.05, 0) is 48.9 Å². The van der Waals surface area contributed by atoms with Crippen molar-refractivity contribution >= 4 is 29.1 Å². The molecule has 1 aromatic carbocycles. The van der Waals surface area contributed by atoms with E-state index in [2.05, 4.69) is 56.4 Å². The van der Waals surface area contributed by atoms with Gasteiger partial charge in [-0.1, -0.05) is 32.4 Å². The minimum Gasteiger partial charge on any atom is -0.371 e. The predicted octanol–water partition coefficient (Wildman–Crippen LogP) is 4.66. The van der Waals surface area contributed by atoms with Gasteiger partial charge in [0.05, 0.1) is 0 Å². The maximum Gasteiger partial charge on any atom is 0.0413 e. The first kappa shape index (κ1) is 18.7. The highest BCUT2D eigenvalue weighted by molar-refractivity contribution is 7.98. The summed E-state index contributed by atoms with van der Waals surface area (Å²) < 4.78 is 0. The summed E-state index contributed by atoms with van der Waals surface area (Å²) in [5.41, 5.74) is 2.57. The first-order valence-corrected chi connectivity index (χ1v) is 9.47. The molecule has 0 aliphatic rings. The van der Waals surface area contributed by atoms with Crippen LogP contribution < -0.4 is 10.2 Å². The van der Waals surface area contributed by atoms with Crippen LogP contribution in [-0.2, 0) is 6.54 Å². The molecule has 1 aromatic rings. The first-order chi connectivity index (χ1) is 9.99. The Morgan fingerprint density at radius 1 is 1.33 bits per heavy atom. The highest BCUT2D eigenvalue weighted by Crippen LogP contribution is 2.26. The largest absolute Gasteiger partial charge is 0.371 e. The van der Waals surface area contributed by atoms with Crippen molar-refractivity contribution in [3.05, 3.63) is 28.8 Å². The van der Waals surface area contributed by atoms with E-state index in [-0.39, 0.29) is 0 Å². The molecule has 1 unspecified atom stereocenters. The van der Waals surface area contributed by atoms with E-state index in [1.807, 2.05) is 17.8 Å². The number of hydrogen-bond donors (Lipinski definition) is 1. The molecular formula is C17H29ClN2S. The maximum atomic E-state index is 6.19. The summed E-state index contributed by atoms with van der Waals surface area (Å²) in [6.07, 6.45) is 3.32. The molecule has 0 bridgehead atoms. The summed E-state index contributed by atoms with van der Waals surface area (Å²) >= 11 is 8.09. The molecular weight excluding hydrogens is 300 g/mol. The lowest BCUT2D eigenvalue weighted by Gasteiger charge is -2.31. The number of thioether (sulfide) groups is 1. The van der Waals surface area contributed by atoms with Gasteiger partial charge < -0.3 is 10.2 Å². The molecule has 0 fully saturated rings. The molecule has 1 rings (SSSR count). The van der Waals surface area contributed by atoms with Crippen LogP contribution in [0, 0.1) is 5.92 Å². The Labute approximate surface area is 139 Å². The van der Waals surface area contributed by atoms with Gasteiger partial charge in [-0.25, -0.2) is 0 Å². The SMILES string of the molecule is CCC(CSC)N(C)c1ccc(Cl)cc1CNCC(C)C. The van der Waals surface area contributed by atoms with Crippen molar-refractivity contribution in [2.45, 2.75) is 39.8 Å². The zero-order valence-electron chi connectivity index (χ0n) is 13.9. The van der Waals surface area contributed by atoms with E-state index in [0.29, 0.717) is 12.0 Å². The van der Waals surface area contributed by atoms with Crippen LogP contribution in [0.25, 0.3) is 0 Å². The Bertz CT molecular complexity index is 423. The zero-order valence-corrected chi connectivity index (χ0v) is 15.5. The highest BCUT2D eigenvalue weighted by atomic mass is 35.5. The molecule has 0 spiro atoms. The fourth-order valence-electron chi connectivity index (χ4n) is 2.43. The molecule has 0 heterocycles. The Morgan fingerprint density at radius 2 is 2.05 bits per heavy atom. The van der Waals surface area contributed by atoms with Crippen molar-refractivity contribution in [2.75, 3.05) is 30.5 Å². The summed E-state index contributed by atoms with van der Waals surface area (Å²) in [5.74, 6) is 1.80. The smallest absolute Gasteiger partial charge is 0.0413 e. The number of nitrogens with zero attached hydrogens (tertiary/aromatic N) is 1. The molecule has 0 saturated carbocycles. The molecule has 4 heteroatoms. The minimum absolute atomic E-state index is 0.560. The van der Waals surface area contributed by atoms with Crippen LogP contribution >= 0.6 is 23.4 Å². The molecule has 120 valence electrons. The molecule has 2 nitrogen and oxygen atoms in total. The molecule has 0 aliphatic carbocycles. The highest BCUT2D eigenvalue weighted by Gasteiger charge is 2.16. The van der Waals surface area contributed by atoms with Gasteiger partial charge in [0.15, 0.2) is 0 Å². The number of benzene rings is 1. The lowest BCUT2D eigenvalue weighted by atomic mass is 10.1. The number of halogens is 1. The second-order valence-corrected chi connectivity index (χ2v) is 7.27. The van der Waals surface area contributed by atoms with E-state index in [0.717, 1.165) is 30.3 Å². The second-order valence-electron chi connectivity index (χ2n) is 5.93. The zero-order chi connectivity index (χ0) is 15.8. The summed E-state index contributed by atoms with van der Waals surface area (Å²) in [4.78, 5) is 2.40. The lowest BCUT2D eigenvalue weighted by molar-refractivity contribution is 0.551. The van der Waals surface area contributed by atoms with Crippen molar-refractivity contribution in [1.82, 2.24) is 5.32 Å². The van der Waals surface area contributed by atoms with Crippen molar-refractivity contribution in [1.29, 1.82) is 0 Å². The Balaban J connectivity index is 2.88. The van der Waals surface area contributed by atoms with Gasteiger partial charge in [0.2, 0.25) is 0 Å². The van der Waals surface area contributed by atoms with Gasteiger partial charge in [-0.2, -0.15) is 11.8 Å². The molecule has 0 aromatic heterocycles. The normalized spacial score (nSPS) is 12.7. The minimum atomic E-state index is 0.560. The van der Waals surface area contributed by atoms with E-state index in [1.54, 1.807) is 0 Å². The number of nitrogens with one attached hydrogen (secondary N) is 1. The first-order valence-electron chi connectivity index (χ1n) is 7.70. The molecule has 1 N–H and O–H groups in total. The van der Waals surface area contributed by atoms with Gasteiger partial charge in [-0.15, -0.1) is 0 Å². The third-order valence-electron chi connectivity index (χ3n) is 3.67. The van der Waals surface area contributed by atoms with Crippen molar-refractivity contribution in [3.63, 3.8) is 0 Å². The summed E-state index contributed by atoms with van der Waals surface area (Å²) in [5, 5.41) is 4.33. The van der Waals surface area contributed by atoms with Crippen LogP contribution in [-0.4, -0.2) is 31.6 Å². The predicted molar refractivity (Wildman–Crippen MR) is 98.9 cm³/mol.